The minimum Gasteiger partial charge on any atom is -0.481 e. The number of guanidine groups is 1. The minimum absolute atomic E-state index is 0.0938. The molecule has 0 aromatic rings. The number of rotatable bonds is 11. The standard InChI is InChI=1S/C12H20N4O8/c13-11(14)15-3-1-2-6(9(21)22)16-10(23)12(24,4-7(17)18)5-8(19)20/h6,24H,1-5H2,(H,16,23)(H,17,18)(H,19,20)(H,21,22)(H4,13,14,15)/t6-/m0/s1. The molecule has 9 N–H and O–H groups in total. The predicted molar refractivity (Wildman–Crippen MR) is 78.9 cm³/mol. The van der Waals surface area contributed by atoms with E-state index in [1.54, 1.807) is 0 Å². The number of aliphatic imine (C=N–C) groups is 1. The lowest BCUT2D eigenvalue weighted by atomic mass is 9.93. The average molecular weight is 348 g/mol. The van der Waals surface area contributed by atoms with Crippen molar-refractivity contribution in [3.05, 3.63) is 0 Å². The van der Waals surface area contributed by atoms with Gasteiger partial charge in [-0.3, -0.25) is 19.4 Å². The first-order valence-electron chi connectivity index (χ1n) is 6.73. The van der Waals surface area contributed by atoms with Crippen LogP contribution in [0.25, 0.3) is 0 Å². The molecule has 0 heterocycles. The first kappa shape index (κ1) is 21.1. The Hall–Kier alpha value is -2.89. The van der Waals surface area contributed by atoms with Crippen LogP contribution in [0.4, 0.5) is 0 Å². The van der Waals surface area contributed by atoms with Crippen molar-refractivity contribution < 1.29 is 39.6 Å². The van der Waals surface area contributed by atoms with Gasteiger partial charge in [0.2, 0.25) is 0 Å². The molecular weight excluding hydrogens is 328 g/mol. The monoisotopic (exact) mass is 348 g/mol. The van der Waals surface area contributed by atoms with Gasteiger partial charge in [0.25, 0.3) is 5.91 Å². The van der Waals surface area contributed by atoms with Gasteiger partial charge in [0.1, 0.15) is 6.04 Å². The zero-order valence-corrected chi connectivity index (χ0v) is 12.6. The molecule has 0 unspecified atom stereocenters. The van der Waals surface area contributed by atoms with Crippen LogP contribution in [0.5, 0.6) is 0 Å². The first-order valence-corrected chi connectivity index (χ1v) is 6.73. The quantitative estimate of drug-likeness (QED) is 0.116. The summed E-state index contributed by atoms with van der Waals surface area (Å²) >= 11 is 0. The van der Waals surface area contributed by atoms with E-state index in [1.807, 2.05) is 5.32 Å². The fourth-order valence-corrected chi connectivity index (χ4v) is 1.78. The second-order valence-corrected chi connectivity index (χ2v) is 4.99. The molecule has 0 saturated heterocycles. The van der Waals surface area contributed by atoms with E-state index < -0.39 is 48.3 Å². The molecule has 24 heavy (non-hydrogen) atoms. The van der Waals surface area contributed by atoms with Crippen molar-refractivity contribution in [3.8, 4) is 0 Å². The number of aliphatic carboxylic acids is 3. The van der Waals surface area contributed by atoms with Crippen molar-refractivity contribution in [2.24, 2.45) is 16.5 Å². The summed E-state index contributed by atoms with van der Waals surface area (Å²) in [5.74, 6) is -6.27. The number of hydrogen-bond acceptors (Lipinski definition) is 6. The fourth-order valence-electron chi connectivity index (χ4n) is 1.78. The Morgan fingerprint density at radius 3 is 1.92 bits per heavy atom. The third-order valence-electron chi connectivity index (χ3n) is 2.86. The largest absolute Gasteiger partial charge is 0.481 e. The van der Waals surface area contributed by atoms with Crippen LogP contribution >= 0.6 is 0 Å². The van der Waals surface area contributed by atoms with E-state index >= 15 is 0 Å². The number of nitrogens with one attached hydrogen (secondary N) is 1. The highest BCUT2D eigenvalue weighted by Gasteiger charge is 2.42. The van der Waals surface area contributed by atoms with Crippen molar-refractivity contribution in [1.29, 1.82) is 0 Å². The molecule has 0 aliphatic heterocycles. The maximum absolute atomic E-state index is 12.0. The van der Waals surface area contributed by atoms with Crippen molar-refractivity contribution in [1.82, 2.24) is 5.32 Å². The zero-order valence-electron chi connectivity index (χ0n) is 12.6. The molecule has 0 spiro atoms. The average Bonchev–Trinajstić information content (AvgIpc) is 2.39. The van der Waals surface area contributed by atoms with Gasteiger partial charge in [-0.2, -0.15) is 0 Å². The minimum atomic E-state index is -2.77. The van der Waals surface area contributed by atoms with Gasteiger partial charge < -0.3 is 37.2 Å². The second-order valence-electron chi connectivity index (χ2n) is 4.99. The van der Waals surface area contributed by atoms with Gasteiger partial charge in [-0.15, -0.1) is 0 Å². The summed E-state index contributed by atoms with van der Waals surface area (Å²) in [6.45, 7) is 0.0938. The van der Waals surface area contributed by atoms with E-state index in [1.165, 1.54) is 0 Å². The number of amides is 1. The summed E-state index contributed by atoms with van der Waals surface area (Å²) in [7, 11) is 0. The van der Waals surface area contributed by atoms with Gasteiger partial charge in [0.05, 0.1) is 12.8 Å². The van der Waals surface area contributed by atoms with E-state index in [0.717, 1.165) is 0 Å². The summed E-state index contributed by atoms with van der Waals surface area (Å²) in [6.07, 6.45) is -2.32. The lowest BCUT2D eigenvalue weighted by Gasteiger charge is -2.25. The van der Waals surface area contributed by atoms with E-state index in [9.17, 15) is 24.3 Å². The van der Waals surface area contributed by atoms with Crippen LogP contribution < -0.4 is 16.8 Å². The number of nitrogens with zero attached hydrogens (tertiary/aromatic N) is 1. The number of carboxylic acid groups (broad SMARTS) is 3. The van der Waals surface area contributed by atoms with Crippen LogP contribution in [-0.2, 0) is 19.2 Å². The van der Waals surface area contributed by atoms with Crippen molar-refractivity contribution >= 4 is 29.8 Å². The predicted octanol–water partition coefficient (Wildman–Crippen LogP) is -2.71. The van der Waals surface area contributed by atoms with Crippen LogP contribution in [-0.4, -0.2) is 68.4 Å². The molecule has 1 amide bonds. The summed E-state index contributed by atoms with van der Waals surface area (Å²) < 4.78 is 0. The summed E-state index contributed by atoms with van der Waals surface area (Å²) in [6, 6.07) is -1.47. The van der Waals surface area contributed by atoms with E-state index in [0.29, 0.717) is 0 Å². The van der Waals surface area contributed by atoms with Gasteiger partial charge in [0, 0.05) is 6.54 Å². The Morgan fingerprint density at radius 2 is 1.54 bits per heavy atom. The molecule has 0 radical (unpaired) electrons. The van der Waals surface area contributed by atoms with Gasteiger partial charge >= 0.3 is 17.9 Å². The Labute approximate surface area is 136 Å². The van der Waals surface area contributed by atoms with Crippen molar-refractivity contribution in [3.63, 3.8) is 0 Å². The Bertz CT molecular complexity index is 513. The maximum atomic E-state index is 12.0. The van der Waals surface area contributed by atoms with E-state index in [4.69, 9.17) is 26.8 Å². The lowest BCUT2D eigenvalue weighted by molar-refractivity contribution is -0.160. The smallest absolute Gasteiger partial charge is 0.326 e. The van der Waals surface area contributed by atoms with Gasteiger partial charge in [-0.05, 0) is 12.8 Å². The van der Waals surface area contributed by atoms with E-state index in [-0.39, 0.29) is 25.3 Å². The summed E-state index contributed by atoms with van der Waals surface area (Å²) in [5, 5.41) is 38.3. The number of carboxylic acids is 3. The highest BCUT2D eigenvalue weighted by Crippen LogP contribution is 2.17. The fraction of sp³-hybridized carbons (Fsp3) is 0.583. The molecule has 0 bridgehead atoms. The second kappa shape index (κ2) is 9.29. The van der Waals surface area contributed by atoms with Crippen LogP contribution in [0, 0.1) is 0 Å². The van der Waals surface area contributed by atoms with Crippen LogP contribution in [0.2, 0.25) is 0 Å². The number of hydrogen-bond donors (Lipinski definition) is 7. The molecule has 12 heteroatoms. The Morgan fingerprint density at radius 1 is 1.04 bits per heavy atom. The molecule has 0 aromatic heterocycles. The van der Waals surface area contributed by atoms with Gasteiger partial charge in [0.15, 0.2) is 11.6 Å². The first-order chi connectivity index (χ1) is 11.0. The SMILES string of the molecule is NC(N)=NCCC[C@H](NC(=O)C(O)(CC(=O)O)CC(=O)O)C(=O)O. The molecule has 0 fully saturated rings. The Balaban J connectivity index is 4.98. The van der Waals surface area contributed by atoms with Crippen LogP contribution in [0.15, 0.2) is 4.99 Å². The van der Waals surface area contributed by atoms with Gasteiger partial charge in [-0.25, -0.2) is 4.79 Å². The third kappa shape index (κ3) is 7.93. The van der Waals surface area contributed by atoms with E-state index in [2.05, 4.69) is 4.99 Å². The molecule has 136 valence electrons. The zero-order chi connectivity index (χ0) is 18.9. The molecule has 0 aliphatic carbocycles. The van der Waals surface area contributed by atoms with Gasteiger partial charge in [-0.1, -0.05) is 0 Å². The molecular formula is C12H20N4O8. The molecule has 1 atom stereocenters. The number of nitrogens with two attached hydrogens (primary N) is 2. The molecule has 0 aliphatic rings. The Kier molecular flexibility index (Phi) is 8.18. The molecule has 12 nitrogen and oxygen atoms in total. The van der Waals surface area contributed by atoms with Crippen molar-refractivity contribution in [2.75, 3.05) is 6.54 Å². The van der Waals surface area contributed by atoms with Crippen LogP contribution in [0.3, 0.4) is 0 Å². The molecule has 0 rings (SSSR count). The normalized spacial score (nSPS) is 12.0. The summed E-state index contributed by atoms with van der Waals surface area (Å²) in [4.78, 5) is 48.1. The number of carbonyl (C=O) groups is 4. The van der Waals surface area contributed by atoms with Crippen LogP contribution in [0.1, 0.15) is 25.7 Å². The summed E-state index contributed by atoms with van der Waals surface area (Å²) in [5.41, 5.74) is 7.42. The topological polar surface area (TPSA) is 226 Å². The van der Waals surface area contributed by atoms with Crippen molar-refractivity contribution in [2.45, 2.75) is 37.3 Å². The highest BCUT2D eigenvalue weighted by molar-refractivity contribution is 5.94. The number of carbonyl (C=O) groups excluding carboxylic acids is 1. The molecule has 0 saturated carbocycles. The third-order valence-corrected chi connectivity index (χ3v) is 2.86. The maximum Gasteiger partial charge on any atom is 0.326 e. The lowest BCUT2D eigenvalue weighted by Crippen LogP contribution is -2.54. The highest BCUT2D eigenvalue weighted by atomic mass is 16.4. The number of aliphatic hydroxyl groups is 1. The molecule has 0 aromatic carbocycles.